The molecule has 1 aliphatic rings. The maximum absolute atomic E-state index is 14.2. The fourth-order valence-corrected chi connectivity index (χ4v) is 3.36. The Balaban J connectivity index is 0.00000261. The number of piperidine rings is 1. The first-order chi connectivity index (χ1) is 12.5. The number of nitrogens with zero attached hydrogens (tertiary/aromatic N) is 4. The van der Waals surface area contributed by atoms with Crippen LogP contribution in [-0.2, 0) is 0 Å². The third-order valence-corrected chi connectivity index (χ3v) is 4.82. The number of rotatable bonds is 5. The van der Waals surface area contributed by atoms with Gasteiger partial charge in [-0.25, -0.2) is 14.1 Å². The molecule has 8 heteroatoms. The second-order valence-corrected chi connectivity index (χ2v) is 7.10. The van der Waals surface area contributed by atoms with Crippen molar-refractivity contribution in [3.63, 3.8) is 0 Å². The normalized spacial score (nSPS) is 15.1. The molecule has 1 amide bonds. The Morgan fingerprint density at radius 2 is 1.96 bits per heavy atom. The number of likely N-dealkylation sites (tertiary alicyclic amines) is 1. The second kappa shape index (κ2) is 9.28. The minimum absolute atomic E-state index is 0. The lowest BCUT2D eigenvalue weighted by molar-refractivity contribution is 0.0678. The number of nitrogens with one attached hydrogen (secondary N) is 1. The third-order valence-electron chi connectivity index (χ3n) is 4.82. The van der Waals surface area contributed by atoms with E-state index in [1.165, 1.54) is 10.7 Å². The summed E-state index contributed by atoms with van der Waals surface area (Å²) in [7, 11) is 1.95. The molecule has 0 aliphatic carbocycles. The maximum Gasteiger partial charge on any atom is 0.293 e. The Morgan fingerprint density at radius 1 is 1.30 bits per heavy atom. The van der Waals surface area contributed by atoms with Crippen LogP contribution >= 0.6 is 12.4 Å². The summed E-state index contributed by atoms with van der Waals surface area (Å²) in [6.45, 7) is 6.30. The molecule has 2 heterocycles. The van der Waals surface area contributed by atoms with Crippen molar-refractivity contribution in [1.29, 1.82) is 0 Å². The first-order valence-corrected chi connectivity index (χ1v) is 9.17. The highest BCUT2D eigenvalue weighted by molar-refractivity contribution is 5.90. The molecule has 0 radical (unpaired) electrons. The highest BCUT2D eigenvalue weighted by atomic mass is 35.5. The van der Waals surface area contributed by atoms with Gasteiger partial charge < -0.3 is 10.2 Å². The Labute approximate surface area is 165 Å². The van der Waals surface area contributed by atoms with E-state index >= 15 is 0 Å². The Morgan fingerprint density at radius 3 is 2.56 bits per heavy atom. The largest absolute Gasteiger partial charge is 0.336 e. The van der Waals surface area contributed by atoms with Gasteiger partial charge in [0.05, 0.1) is 0 Å². The van der Waals surface area contributed by atoms with E-state index in [1.807, 2.05) is 20.9 Å². The zero-order valence-corrected chi connectivity index (χ0v) is 16.8. The molecule has 1 saturated heterocycles. The van der Waals surface area contributed by atoms with Crippen molar-refractivity contribution in [1.82, 2.24) is 25.0 Å². The Bertz CT molecular complexity index is 771. The molecule has 0 bridgehead atoms. The predicted octanol–water partition coefficient (Wildman–Crippen LogP) is 3.02. The number of benzene rings is 1. The van der Waals surface area contributed by atoms with Gasteiger partial charge in [-0.2, -0.15) is 0 Å². The van der Waals surface area contributed by atoms with Crippen LogP contribution in [0.3, 0.4) is 0 Å². The van der Waals surface area contributed by atoms with Crippen LogP contribution in [0.15, 0.2) is 24.3 Å². The number of carbonyl (C=O) groups is 1. The molecule has 2 aromatic rings. The first-order valence-electron chi connectivity index (χ1n) is 9.17. The lowest BCUT2D eigenvalue weighted by atomic mass is 9.97. The van der Waals surface area contributed by atoms with E-state index in [-0.39, 0.29) is 35.9 Å². The van der Waals surface area contributed by atoms with E-state index < -0.39 is 0 Å². The number of carbonyl (C=O) groups excluding carboxylic acids is 1. The molecule has 148 valence electrons. The number of amides is 1. The number of hydrogen-bond acceptors (Lipinski definition) is 4. The Kier molecular flexibility index (Phi) is 7.33. The molecule has 0 atom stereocenters. The van der Waals surface area contributed by atoms with Crippen LogP contribution in [0.4, 0.5) is 4.39 Å². The summed E-state index contributed by atoms with van der Waals surface area (Å²) in [5.74, 6) is 0.785. The summed E-state index contributed by atoms with van der Waals surface area (Å²) in [5.41, 5.74) is 0.315. The number of halogens is 2. The van der Waals surface area contributed by atoms with Gasteiger partial charge in [-0.1, -0.05) is 26.0 Å². The van der Waals surface area contributed by atoms with Crippen LogP contribution in [0.5, 0.6) is 0 Å². The van der Waals surface area contributed by atoms with E-state index in [9.17, 15) is 9.18 Å². The fourth-order valence-electron chi connectivity index (χ4n) is 3.36. The Hall–Kier alpha value is -1.99. The highest BCUT2D eigenvalue weighted by Crippen LogP contribution is 2.22. The average Bonchev–Trinajstić information content (AvgIpc) is 3.08. The van der Waals surface area contributed by atoms with Gasteiger partial charge in [0, 0.05) is 19.0 Å². The van der Waals surface area contributed by atoms with Crippen molar-refractivity contribution < 1.29 is 9.18 Å². The molecule has 0 spiro atoms. The van der Waals surface area contributed by atoms with Gasteiger partial charge in [0.2, 0.25) is 5.82 Å². The monoisotopic (exact) mass is 395 g/mol. The number of aromatic nitrogens is 3. The van der Waals surface area contributed by atoms with Crippen LogP contribution < -0.4 is 5.32 Å². The van der Waals surface area contributed by atoms with E-state index in [1.54, 1.807) is 23.1 Å². The number of hydrogen-bond donors (Lipinski definition) is 1. The molecule has 0 saturated carbocycles. The standard InChI is InChI=1S/C19H26FN5O.ClH/c1-13(2)18-22-17(23-25(18)16-7-5-4-6-15(16)20)19(26)24-10-8-14(9-11-24)12-21-3;/h4-7,13-14,21H,8-12H2,1-3H3;1H. The maximum atomic E-state index is 14.2. The van der Waals surface area contributed by atoms with Gasteiger partial charge >= 0.3 is 0 Å². The molecule has 1 aromatic heterocycles. The van der Waals surface area contributed by atoms with Gasteiger partial charge in [0.25, 0.3) is 5.91 Å². The molecule has 1 aromatic carbocycles. The van der Waals surface area contributed by atoms with Crippen LogP contribution in [0, 0.1) is 11.7 Å². The van der Waals surface area contributed by atoms with E-state index in [2.05, 4.69) is 15.4 Å². The van der Waals surface area contributed by atoms with Gasteiger partial charge in [-0.3, -0.25) is 4.79 Å². The van der Waals surface area contributed by atoms with Gasteiger partial charge in [-0.15, -0.1) is 17.5 Å². The third kappa shape index (κ3) is 4.65. The predicted molar refractivity (Wildman–Crippen MR) is 105 cm³/mol. The van der Waals surface area contributed by atoms with E-state index in [4.69, 9.17) is 0 Å². The van der Waals surface area contributed by atoms with Crippen LogP contribution in [0.25, 0.3) is 5.69 Å². The van der Waals surface area contributed by atoms with Crippen LogP contribution in [0.1, 0.15) is 49.1 Å². The van der Waals surface area contributed by atoms with Gasteiger partial charge in [0.1, 0.15) is 17.3 Å². The zero-order valence-electron chi connectivity index (χ0n) is 16.0. The molecule has 3 rings (SSSR count). The van der Waals surface area contributed by atoms with Crippen molar-refractivity contribution in [2.75, 3.05) is 26.7 Å². The molecular formula is C19H27ClFN5O. The summed E-state index contributed by atoms with van der Waals surface area (Å²) in [6, 6.07) is 6.41. The summed E-state index contributed by atoms with van der Waals surface area (Å²) in [5, 5.41) is 7.55. The topological polar surface area (TPSA) is 63.1 Å². The van der Waals surface area contributed by atoms with Crippen molar-refractivity contribution in [3.05, 3.63) is 41.7 Å². The molecule has 0 unspecified atom stereocenters. The molecule has 1 aliphatic heterocycles. The van der Waals surface area contributed by atoms with Gasteiger partial charge in [-0.05, 0) is 44.5 Å². The molecule has 6 nitrogen and oxygen atoms in total. The van der Waals surface area contributed by atoms with Crippen molar-refractivity contribution in [2.24, 2.45) is 5.92 Å². The summed E-state index contributed by atoms with van der Waals surface area (Å²) in [6.07, 6.45) is 1.94. The molecule has 1 N–H and O–H groups in total. The fraction of sp³-hybridized carbons (Fsp3) is 0.526. The van der Waals surface area contributed by atoms with E-state index in [0.29, 0.717) is 30.5 Å². The van der Waals surface area contributed by atoms with Crippen molar-refractivity contribution >= 4 is 18.3 Å². The summed E-state index contributed by atoms with van der Waals surface area (Å²) < 4.78 is 15.7. The molecule has 27 heavy (non-hydrogen) atoms. The zero-order chi connectivity index (χ0) is 18.7. The first kappa shape index (κ1) is 21.3. The molecule has 1 fully saturated rings. The smallest absolute Gasteiger partial charge is 0.293 e. The highest BCUT2D eigenvalue weighted by Gasteiger charge is 2.27. The van der Waals surface area contributed by atoms with Crippen LogP contribution in [0.2, 0.25) is 0 Å². The lowest BCUT2D eigenvalue weighted by Crippen LogP contribution is -2.40. The summed E-state index contributed by atoms with van der Waals surface area (Å²) >= 11 is 0. The lowest BCUT2D eigenvalue weighted by Gasteiger charge is -2.31. The second-order valence-electron chi connectivity index (χ2n) is 7.10. The van der Waals surface area contributed by atoms with Gasteiger partial charge in [0.15, 0.2) is 0 Å². The quantitative estimate of drug-likeness (QED) is 0.845. The SMILES string of the molecule is CNCC1CCN(C(=O)c2nc(C(C)C)n(-c3ccccc3F)n2)CC1.Cl. The number of para-hydroxylation sites is 1. The van der Waals surface area contributed by atoms with Crippen molar-refractivity contribution in [3.8, 4) is 5.69 Å². The molecular weight excluding hydrogens is 369 g/mol. The summed E-state index contributed by atoms with van der Waals surface area (Å²) in [4.78, 5) is 19.1. The minimum atomic E-state index is -0.383. The minimum Gasteiger partial charge on any atom is -0.336 e. The van der Waals surface area contributed by atoms with Crippen LogP contribution in [-0.4, -0.2) is 52.3 Å². The average molecular weight is 396 g/mol. The van der Waals surface area contributed by atoms with Crippen molar-refractivity contribution in [2.45, 2.75) is 32.6 Å². The van der Waals surface area contributed by atoms with E-state index in [0.717, 1.165) is 19.4 Å².